The minimum Gasteiger partial charge on any atom is -0.465 e. The molecular weight excluding hydrogens is 220 g/mol. The van der Waals surface area contributed by atoms with Gasteiger partial charge in [0.1, 0.15) is 11.5 Å². The average molecular weight is 236 g/mol. The van der Waals surface area contributed by atoms with Crippen LogP contribution in [-0.2, 0) is 6.42 Å². The molecule has 0 saturated heterocycles. The first-order valence-electron chi connectivity index (χ1n) is 5.33. The summed E-state index contributed by atoms with van der Waals surface area (Å²) in [6, 6.07) is 6.18. The molecule has 0 spiro atoms. The molecule has 4 heteroatoms. The van der Waals surface area contributed by atoms with Crippen molar-refractivity contribution in [1.82, 2.24) is 5.43 Å². The third kappa shape index (κ3) is 2.72. The van der Waals surface area contributed by atoms with Crippen molar-refractivity contribution in [3.05, 3.63) is 46.0 Å². The van der Waals surface area contributed by atoms with Crippen molar-refractivity contribution in [2.45, 2.75) is 25.8 Å². The van der Waals surface area contributed by atoms with Gasteiger partial charge in [-0.1, -0.05) is 0 Å². The highest BCUT2D eigenvalue weighted by molar-refractivity contribution is 7.07. The predicted molar refractivity (Wildman–Crippen MR) is 66.1 cm³/mol. The van der Waals surface area contributed by atoms with Crippen LogP contribution in [-0.4, -0.2) is 0 Å². The molecule has 1 unspecified atom stereocenters. The second kappa shape index (κ2) is 5.30. The number of hydrogen-bond donors (Lipinski definition) is 2. The van der Waals surface area contributed by atoms with E-state index in [0.717, 1.165) is 24.4 Å². The number of rotatable bonds is 5. The van der Waals surface area contributed by atoms with E-state index in [2.05, 4.69) is 22.3 Å². The fourth-order valence-corrected chi connectivity index (χ4v) is 2.40. The first-order chi connectivity index (χ1) is 7.79. The highest BCUT2D eigenvalue weighted by Gasteiger charge is 2.13. The molecule has 0 fully saturated rings. The summed E-state index contributed by atoms with van der Waals surface area (Å²) in [6.07, 6.45) is 1.96. The van der Waals surface area contributed by atoms with Crippen molar-refractivity contribution in [3.63, 3.8) is 0 Å². The first kappa shape index (κ1) is 11.4. The number of aryl methyl sites for hydroxylation is 2. The van der Waals surface area contributed by atoms with Crippen LogP contribution in [0.3, 0.4) is 0 Å². The Kier molecular flexibility index (Phi) is 3.77. The molecule has 0 aliphatic heterocycles. The number of furan rings is 1. The summed E-state index contributed by atoms with van der Waals surface area (Å²) in [5, 5.41) is 4.26. The average Bonchev–Trinajstić information content (AvgIpc) is 2.91. The van der Waals surface area contributed by atoms with E-state index < -0.39 is 0 Å². The lowest BCUT2D eigenvalue weighted by Gasteiger charge is -2.12. The van der Waals surface area contributed by atoms with Crippen LogP contribution in [0.4, 0.5) is 0 Å². The Balaban J connectivity index is 1.96. The van der Waals surface area contributed by atoms with E-state index in [0.29, 0.717) is 0 Å². The lowest BCUT2D eigenvalue weighted by molar-refractivity contribution is 0.390. The normalized spacial score (nSPS) is 12.9. The van der Waals surface area contributed by atoms with E-state index >= 15 is 0 Å². The van der Waals surface area contributed by atoms with Crippen LogP contribution >= 0.6 is 11.3 Å². The maximum absolute atomic E-state index is 5.57. The largest absolute Gasteiger partial charge is 0.465 e. The maximum Gasteiger partial charge on any atom is 0.122 e. The zero-order chi connectivity index (χ0) is 11.4. The Hall–Kier alpha value is -1.10. The molecule has 2 aromatic rings. The highest BCUT2D eigenvalue weighted by Crippen LogP contribution is 2.21. The van der Waals surface area contributed by atoms with E-state index in [-0.39, 0.29) is 6.04 Å². The summed E-state index contributed by atoms with van der Waals surface area (Å²) in [5.74, 6) is 7.38. The molecule has 2 aromatic heterocycles. The fourth-order valence-electron chi connectivity index (χ4n) is 1.69. The summed E-state index contributed by atoms with van der Waals surface area (Å²) >= 11 is 1.72. The second-order valence-corrected chi connectivity index (χ2v) is 4.62. The van der Waals surface area contributed by atoms with Crippen LogP contribution in [0.25, 0.3) is 0 Å². The van der Waals surface area contributed by atoms with Gasteiger partial charge in [0.2, 0.25) is 0 Å². The van der Waals surface area contributed by atoms with Gasteiger partial charge in [-0.05, 0) is 54.3 Å². The van der Waals surface area contributed by atoms with Gasteiger partial charge in [0, 0.05) is 0 Å². The molecule has 0 saturated carbocycles. The van der Waals surface area contributed by atoms with Crippen molar-refractivity contribution >= 4 is 11.3 Å². The van der Waals surface area contributed by atoms with Gasteiger partial charge in [0.05, 0.1) is 6.04 Å². The molecular formula is C12H16N2OS. The van der Waals surface area contributed by atoms with Crippen molar-refractivity contribution in [1.29, 1.82) is 0 Å². The molecule has 1 atom stereocenters. The van der Waals surface area contributed by atoms with Gasteiger partial charge in [-0.2, -0.15) is 11.3 Å². The zero-order valence-corrected chi connectivity index (χ0v) is 10.1. The van der Waals surface area contributed by atoms with Crippen LogP contribution in [0.2, 0.25) is 0 Å². The third-order valence-corrected chi connectivity index (χ3v) is 3.34. The molecule has 2 heterocycles. The monoisotopic (exact) mass is 236 g/mol. The van der Waals surface area contributed by atoms with Gasteiger partial charge < -0.3 is 4.42 Å². The van der Waals surface area contributed by atoms with Crippen molar-refractivity contribution < 1.29 is 4.42 Å². The Morgan fingerprint density at radius 2 is 2.31 bits per heavy atom. The molecule has 0 aromatic carbocycles. The number of thiophene rings is 1. The smallest absolute Gasteiger partial charge is 0.122 e. The molecule has 0 aliphatic carbocycles. The van der Waals surface area contributed by atoms with Crippen LogP contribution < -0.4 is 11.3 Å². The standard InChI is InChI=1S/C12H16N2OS/c1-9-2-5-12(15-9)11(14-13)4-3-10-6-7-16-8-10/h2,5-8,11,14H,3-4,13H2,1H3. The van der Waals surface area contributed by atoms with Crippen molar-refractivity contribution in [2.75, 3.05) is 0 Å². The van der Waals surface area contributed by atoms with Crippen LogP contribution in [0.1, 0.15) is 29.5 Å². The second-order valence-electron chi connectivity index (χ2n) is 3.84. The molecule has 2 rings (SSSR count). The van der Waals surface area contributed by atoms with Gasteiger partial charge in [-0.25, -0.2) is 5.43 Å². The molecule has 0 bridgehead atoms. The predicted octanol–water partition coefficient (Wildman–Crippen LogP) is 2.79. The SMILES string of the molecule is Cc1ccc(C(CCc2ccsc2)NN)o1. The van der Waals surface area contributed by atoms with E-state index in [1.165, 1.54) is 5.56 Å². The Morgan fingerprint density at radius 1 is 1.44 bits per heavy atom. The molecule has 0 amide bonds. The van der Waals surface area contributed by atoms with Crippen LogP contribution in [0.15, 0.2) is 33.4 Å². The summed E-state index contributed by atoms with van der Waals surface area (Å²) in [7, 11) is 0. The third-order valence-electron chi connectivity index (χ3n) is 2.61. The van der Waals surface area contributed by atoms with Crippen LogP contribution in [0, 0.1) is 6.92 Å². The molecule has 0 aliphatic rings. The lowest BCUT2D eigenvalue weighted by Crippen LogP contribution is -2.28. The van der Waals surface area contributed by atoms with Crippen molar-refractivity contribution in [2.24, 2.45) is 5.84 Å². The quantitative estimate of drug-likeness (QED) is 0.620. The molecule has 3 N–H and O–H groups in total. The van der Waals surface area contributed by atoms with Gasteiger partial charge in [0.25, 0.3) is 0 Å². The molecule has 16 heavy (non-hydrogen) atoms. The maximum atomic E-state index is 5.57. The van der Waals surface area contributed by atoms with E-state index in [1.54, 1.807) is 11.3 Å². The van der Waals surface area contributed by atoms with E-state index in [4.69, 9.17) is 10.3 Å². The van der Waals surface area contributed by atoms with E-state index in [9.17, 15) is 0 Å². The number of hydrazine groups is 1. The summed E-state index contributed by atoms with van der Waals surface area (Å²) < 4.78 is 5.57. The highest BCUT2D eigenvalue weighted by atomic mass is 32.1. The zero-order valence-electron chi connectivity index (χ0n) is 9.27. The van der Waals surface area contributed by atoms with Gasteiger partial charge >= 0.3 is 0 Å². The van der Waals surface area contributed by atoms with Gasteiger partial charge in [-0.15, -0.1) is 0 Å². The van der Waals surface area contributed by atoms with Crippen LogP contribution in [0.5, 0.6) is 0 Å². The Bertz CT molecular complexity index is 422. The first-order valence-corrected chi connectivity index (χ1v) is 6.27. The van der Waals surface area contributed by atoms with Gasteiger partial charge in [0.15, 0.2) is 0 Å². The summed E-state index contributed by atoms with van der Waals surface area (Å²) in [6.45, 7) is 1.94. The molecule has 0 radical (unpaired) electrons. The number of nitrogens with one attached hydrogen (secondary N) is 1. The molecule has 3 nitrogen and oxygen atoms in total. The molecule has 86 valence electrons. The number of nitrogens with two attached hydrogens (primary N) is 1. The minimum atomic E-state index is 0.0913. The topological polar surface area (TPSA) is 51.2 Å². The van der Waals surface area contributed by atoms with Crippen molar-refractivity contribution in [3.8, 4) is 0 Å². The fraction of sp³-hybridized carbons (Fsp3) is 0.333. The van der Waals surface area contributed by atoms with E-state index in [1.807, 2.05) is 19.1 Å². The Labute approximate surface area is 99.2 Å². The summed E-state index contributed by atoms with van der Waals surface area (Å²) in [5.41, 5.74) is 4.16. The lowest BCUT2D eigenvalue weighted by atomic mass is 10.1. The summed E-state index contributed by atoms with van der Waals surface area (Å²) in [4.78, 5) is 0. The number of hydrogen-bond acceptors (Lipinski definition) is 4. The van der Waals surface area contributed by atoms with Gasteiger partial charge in [-0.3, -0.25) is 5.84 Å². The minimum absolute atomic E-state index is 0.0913. The Morgan fingerprint density at radius 3 is 2.88 bits per heavy atom.